The molecule has 3 rings (SSSR count). The van der Waals surface area contributed by atoms with Crippen molar-refractivity contribution in [3.8, 4) is 11.4 Å². The Morgan fingerprint density at radius 1 is 1.12 bits per heavy atom. The molecule has 0 fully saturated rings. The molecular formula is C20H19F5N4O2S. The first-order chi connectivity index (χ1) is 14.9. The first-order valence-corrected chi connectivity index (χ1v) is 10.2. The van der Waals surface area contributed by atoms with Gasteiger partial charge in [-0.1, -0.05) is 11.8 Å². The zero-order chi connectivity index (χ0) is 23.8. The van der Waals surface area contributed by atoms with Crippen molar-refractivity contribution in [2.45, 2.75) is 44.0 Å². The number of alkyl halides is 5. The normalized spacial score (nSPS) is 12.9. The van der Waals surface area contributed by atoms with E-state index in [1.54, 1.807) is 43.5 Å². The van der Waals surface area contributed by atoms with E-state index in [1.807, 2.05) is 0 Å². The van der Waals surface area contributed by atoms with E-state index < -0.39 is 23.9 Å². The molecule has 172 valence electrons. The molecule has 0 saturated carbocycles. The largest absolute Gasteiger partial charge is 0.451 e. The lowest BCUT2D eigenvalue weighted by molar-refractivity contribution is -0.147. The second-order valence-electron chi connectivity index (χ2n) is 6.98. The van der Waals surface area contributed by atoms with Crippen LogP contribution in [0.5, 0.6) is 5.75 Å². The van der Waals surface area contributed by atoms with Crippen LogP contribution in [0.15, 0.2) is 35.5 Å². The molecule has 2 aromatic heterocycles. The fourth-order valence-corrected chi connectivity index (χ4v) is 4.16. The third-order valence-electron chi connectivity index (χ3n) is 4.76. The average molecular weight is 474 g/mol. The number of rotatable bonds is 7. The van der Waals surface area contributed by atoms with Crippen molar-refractivity contribution in [3.63, 3.8) is 0 Å². The van der Waals surface area contributed by atoms with E-state index in [1.165, 1.54) is 19.2 Å². The SMILES string of the molecule is Cc1cc(C(=O)[C@H](C)Sc2nnc(C(F)(F)F)n2C)c(C)n1-c1ccc(OC(F)F)cc1. The zero-order valence-corrected chi connectivity index (χ0v) is 18.3. The number of nitrogens with zero attached hydrogens (tertiary/aromatic N) is 4. The number of hydrogen-bond acceptors (Lipinski definition) is 5. The molecule has 2 heterocycles. The molecule has 0 N–H and O–H groups in total. The second-order valence-corrected chi connectivity index (χ2v) is 8.29. The molecule has 0 spiro atoms. The smallest absolute Gasteiger partial charge is 0.435 e. The summed E-state index contributed by atoms with van der Waals surface area (Å²) < 4.78 is 70.4. The summed E-state index contributed by atoms with van der Waals surface area (Å²) in [5.41, 5.74) is 2.37. The summed E-state index contributed by atoms with van der Waals surface area (Å²) in [6.07, 6.45) is -4.64. The van der Waals surface area contributed by atoms with Gasteiger partial charge in [-0.25, -0.2) is 0 Å². The van der Waals surface area contributed by atoms with Crippen molar-refractivity contribution in [2.24, 2.45) is 7.05 Å². The minimum atomic E-state index is -4.64. The molecule has 0 amide bonds. The number of ether oxygens (including phenoxy) is 1. The highest BCUT2D eigenvalue weighted by Gasteiger charge is 2.38. The molecule has 0 aliphatic rings. The summed E-state index contributed by atoms with van der Waals surface area (Å²) >= 11 is 0.880. The summed E-state index contributed by atoms with van der Waals surface area (Å²) in [5, 5.41) is 5.97. The Kier molecular flexibility index (Phi) is 6.63. The molecule has 0 aliphatic carbocycles. The lowest BCUT2D eigenvalue weighted by atomic mass is 10.1. The molecule has 0 bridgehead atoms. The van der Waals surface area contributed by atoms with E-state index in [2.05, 4.69) is 14.9 Å². The van der Waals surface area contributed by atoms with E-state index in [0.717, 1.165) is 22.0 Å². The quantitative estimate of drug-likeness (QED) is 0.267. The maximum absolute atomic E-state index is 13.0. The predicted molar refractivity (Wildman–Crippen MR) is 108 cm³/mol. The number of benzene rings is 1. The fourth-order valence-electron chi connectivity index (χ4n) is 3.28. The van der Waals surface area contributed by atoms with Crippen molar-refractivity contribution in [1.82, 2.24) is 19.3 Å². The lowest BCUT2D eigenvalue weighted by Gasteiger charge is -2.13. The maximum Gasteiger partial charge on any atom is 0.451 e. The van der Waals surface area contributed by atoms with Gasteiger partial charge in [-0.05, 0) is 51.1 Å². The molecule has 3 aromatic rings. The number of thioether (sulfide) groups is 1. The van der Waals surface area contributed by atoms with Crippen molar-refractivity contribution in [3.05, 3.63) is 53.1 Å². The summed E-state index contributed by atoms with van der Waals surface area (Å²) in [7, 11) is 1.19. The number of aromatic nitrogens is 4. The summed E-state index contributed by atoms with van der Waals surface area (Å²) in [5.74, 6) is -1.42. The molecule has 1 aromatic carbocycles. The fraction of sp³-hybridized carbons (Fsp3) is 0.350. The molecule has 12 heteroatoms. The summed E-state index contributed by atoms with van der Waals surface area (Å²) in [4.78, 5) is 13.0. The van der Waals surface area contributed by atoms with Gasteiger partial charge in [0.25, 0.3) is 0 Å². The molecule has 32 heavy (non-hydrogen) atoms. The van der Waals surface area contributed by atoms with Crippen molar-refractivity contribution in [1.29, 1.82) is 0 Å². The first kappa shape index (κ1) is 23.8. The average Bonchev–Trinajstić information content (AvgIpc) is 3.20. The van der Waals surface area contributed by atoms with E-state index in [4.69, 9.17) is 0 Å². The number of carbonyl (C=O) groups excluding carboxylic acids is 1. The van der Waals surface area contributed by atoms with Crippen LogP contribution in [0.25, 0.3) is 5.69 Å². The molecule has 1 atom stereocenters. The standard InChI is InChI=1S/C20H19F5N4O2S/c1-10-9-15(11(2)29(10)13-5-7-14(8-6-13)31-18(21)22)16(30)12(3)32-19-27-26-17(28(19)4)20(23,24)25/h5-9,12,18H,1-4H3/t12-/m0/s1. The van der Waals surface area contributed by atoms with Gasteiger partial charge in [0.2, 0.25) is 5.82 Å². The van der Waals surface area contributed by atoms with Gasteiger partial charge in [0.05, 0.1) is 5.25 Å². The minimum absolute atomic E-state index is 0.00874. The van der Waals surface area contributed by atoms with Gasteiger partial charge in [0.1, 0.15) is 5.75 Å². The van der Waals surface area contributed by atoms with Gasteiger partial charge in [0, 0.05) is 29.7 Å². The van der Waals surface area contributed by atoms with Gasteiger partial charge in [0.15, 0.2) is 10.9 Å². The predicted octanol–water partition coefficient (Wildman–Crippen LogP) is 5.21. The first-order valence-electron chi connectivity index (χ1n) is 9.31. The molecule has 0 saturated heterocycles. The van der Waals surface area contributed by atoms with Gasteiger partial charge in [-0.15, -0.1) is 10.2 Å². The topological polar surface area (TPSA) is 61.9 Å². The molecule has 6 nitrogen and oxygen atoms in total. The Balaban J connectivity index is 1.83. The van der Waals surface area contributed by atoms with Crippen LogP contribution >= 0.6 is 11.8 Å². The van der Waals surface area contributed by atoms with E-state index in [0.29, 0.717) is 16.9 Å². The molecular weight excluding hydrogens is 455 g/mol. The highest BCUT2D eigenvalue weighted by molar-refractivity contribution is 8.00. The van der Waals surface area contributed by atoms with Crippen LogP contribution in [0.3, 0.4) is 0 Å². The van der Waals surface area contributed by atoms with Gasteiger partial charge >= 0.3 is 12.8 Å². The maximum atomic E-state index is 13.0. The highest BCUT2D eigenvalue weighted by Crippen LogP contribution is 2.32. The molecule has 0 aliphatic heterocycles. The van der Waals surface area contributed by atoms with E-state index in [-0.39, 0.29) is 16.7 Å². The third kappa shape index (κ3) is 4.79. The van der Waals surface area contributed by atoms with Crippen molar-refractivity contribution >= 4 is 17.5 Å². The Hall–Kier alpha value is -2.89. The van der Waals surface area contributed by atoms with Crippen LogP contribution in [0.4, 0.5) is 22.0 Å². The molecule has 0 radical (unpaired) electrons. The number of aryl methyl sites for hydroxylation is 1. The highest BCUT2D eigenvalue weighted by atomic mass is 32.2. The van der Waals surface area contributed by atoms with Gasteiger partial charge in [-0.2, -0.15) is 22.0 Å². The van der Waals surface area contributed by atoms with Crippen LogP contribution in [0.1, 0.15) is 34.5 Å². The Morgan fingerprint density at radius 3 is 2.28 bits per heavy atom. The third-order valence-corrected chi connectivity index (χ3v) is 5.89. The van der Waals surface area contributed by atoms with Crippen LogP contribution in [-0.2, 0) is 13.2 Å². The van der Waals surface area contributed by atoms with Gasteiger partial charge < -0.3 is 13.9 Å². The summed E-state index contributed by atoms with van der Waals surface area (Å²) in [6.45, 7) is 2.16. The summed E-state index contributed by atoms with van der Waals surface area (Å²) in [6, 6.07) is 7.64. The van der Waals surface area contributed by atoms with Crippen molar-refractivity contribution in [2.75, 3.05) is 0 Å². The van der Waals surface area contributed by atoms with Gasteiger partial charge in [-0.3, -0.25) is 4.79 Å². The van der Waals surface area contributed by atoms with Crippen molar-refractivity contribution < 1.29 is 31.5 Å². The van der Waals surface area contributed by atoms with Crippen LogP contribution in [0.2, 0.25) is 0 Å². The minimum Gasteiger partial charge on any atom is -0.435 e. The number of Topliss-reactive ketones (excluding diaryl/α,β-unsaturated/α-hetero) is 1. The Labute approximate surface area is 184 Å². The number of hydrogen-bond donors (Lipinski definition) is 0. The Morgan fingerprint density at radius 2 is 1.75 bits per heavy atom. The van der Waals surface area contributed by atoms with Crippen LogP contribution in [0, 0.1) is 13.8 Å². The zero-order valence-electron chi connectivity index (χ0n) is 17.4. The Bertz CT molecular complexity index is 1120. The van der Waals surface area contributed by atoms with Crippen LogP contribution in [-0.4, -0.2) is 37.0 Å². The van der Waals surface area contributed by atoms with Crippen LogP contribution < -0.4 is 4.74 Å². The number of ketones is 1. The van der Waals surface area contributed by atoms with E-state index in [9.17, 15) is 26.7 Å². The molecule has 0 unspecified atom stereocenters. The second kappa shape index (κ2) is 8.93. The number of halogens is 5. The number of carbonyl (C=O) groups is 1. The monoisotopic (exact) mass is 474 g/mol. The van der Waals surface area contributed by atoms with E-state index >= 15 is 0 Å². The lowest BCUT2D eigenvalue weighted by Crippen LogP contribution is -2.16.